The van der Waals surface area contributed by atoms with E-state index in [9.17, 15) is 0 Å². The zero-order valence-corrected chi connectivity index (χ0v) is 15.6. The second-order valence-electron chi connectivity index (χ2n) is 7.73. The maximum absolute atomic E-state index is 3.89. The molecule has 2 atom stereocenters. The molecule has 2 aliphatic rings. The number of nitrogens with one attached hydrogen (secondary N) is 1. The molecule has 5 rings (SSSR count). The van der Waals surface area contributed by atoms with Crippen molar-refractivity contribution >= 4 is 5.69 Å². The van der Waals surface area contributed by atoms with Gasteiger partial charge in [-0.1, -0.05) is 72.8 Å². The van der Waals surface area contributed by atoms with Crippen molar-refractivity contribution in [3.8, 4) is 0 Å². The molecule has 2 nitrogen and oxygen atoms in total. The molecule has 3 aromatic rings. The van der Waals surface area contributed by atoms with Gasteiger partial charge in [0.25, 0.3) is 0 Å². The number of benzene rings is 3. The summed E-state index contributed by atoms with van der Waals surface area (Å²) in [6, 6.07) is 29.7. The summed E-state index contributed by atoms with van der Waals surface area (Å²) >= 11 is 0. The molecule has 0 amide bonds. The quantitative estimate of drug-likeness (QED) is 0.728. The average molecular weight is 354 g/mol. The van der Waals surface area contributed by atoms with Crippen molar-refractivity contribution in [3.63, 3.8) is 0 Å². The molecule has 0 aromatic heterocycles. The molecule has 27 heavy (non-hydrogen) atoms. The summed E-state index contributed by atoms with van der Waals surface area (Å²) < 4.78 is 0. The van der Waals surface area contributed by atoms with Crippen LogP contribution in [-0.4, -0.2) is 19.1 Å². The first-order valence-corrected chi connectivity index (χ1v) is 10.1. The Morgan fingerprint density at radius 2 is 1.56 bits per heavy atom. The minimum absolute atomic E-state index is 0.431. The van der Waals surface area contributed by atoms with Crippen LogP contribution in [0.5, 0.6) is 0 Å². The number of hydrogen-bond donors (Lipinski definition) is 1. The number of fused-ring (bicyclic) bond motifs is 5. The summed E-state index contributed by atoms with van der Waals surface area (Å²) in [7, 11) is 0. The Hall–Kier alpha value is -2.58. The van der Waals surface area contributed by atoms with Gasteiger partial charge in [0.1, 0.15) is 0 Å². The first-order valence-electron chi connectivity index (χ1n) is 10.1. The molecular formula is C25H26N2. The van der Waals surface area contributed by atoms with E-state index in [1.807, 2.05) is 0 Å². The van der Waals surface area contributed by atoms with Crippen molar-refractivity contribution in [1.29, 1.82) is 0 Å². The third-order valence-corrected chi connectivity index (χ3v) is 6.12. The lowest BCUT2D eigenvalue weighted by atomic mass is 9.93. The summed E-state index contributed by atoms with van der Waals surface area (Å²) in [6.07, 6.45) is 3.32. The van der Waals surface area contributed by atoms with Crippen LogP contribution < -0.4 is 10.2 Å². The van der Waals surface area contributed by atoms with Crippen molar-refractivity contribution in [2.24, 2.45) is 0 Å². The van der Waals surface area contributed by atoms with E-state index < -0.39 is 0 Å². The smallest absolute Gasteiger partial charge is 0.0699 e. The molecule has 136 valence electrons. The van der Waals surface area contributed by atoms with Crippen LogP contribution in [0.25, 0.3) is 0 Å². The highest BCUT2D eigenvalue weighted by Gasteiger charge is 2.38. The number of anilines is 1. The van der Waals surface area contributed by atoms with E-state index in [-0.39, 0.29) is 0 Å². The minimum Gasteiger partial charge on any atom is -0.363 e. The van der Waals surface area contributed by atoms with Crippen LogP contribution in [0.15, 0.2) is 78.9 Å². The van der Waals surface area contributed by atoms with Gasteiger partial charge in [0, 0.05) is 18.3 Å². The summed E-state index contributed by atoms with van der Waals surface area (Å²) in [6.45, 7) is 2.15. The Kier molecular flexibility index (Phi) is 4.43. The van der Waals surface area contributed by atoms with Gasteiger partial charge in [-0.2, -0.15) is 0 Å². The highest BCUT2D eigenvalue weighted by Crippen LogP contribution is 2.42. The standard InChI is InChI=1S/C25H26N2/c1-2-8-19(9-3-1)14-16-26-23-15-17-27-24-13-7-5-11-21(24)18-20-10-4-6-12-22(20)25(23)27/h1-13,23,25-26H,14-18H2. The van der Waals surface area contributed by atoms with Gasteiger partial charge in [-0.05, 0) is 54.1 Å². The Morgan fingerprint density at radius 3 is 2.44 bits per heavy atom. The fraction of sp³-hybridized carbons (Fsp3) is 0.280. The molecule has 1 saturated heterocycles. The first kappa shape index (κ1) is 16.6. The van der Waals surface area contributed by atoms with E-state index in [1.54, 1.807) is 0 Å². The van der Waals surface area contributed by atoms with Crippen molar-refractivity contribution in [2.45, 2.75) is 31.3 Å². The highest BCUT2D eigenvalue weighted by atomic mass is 15.2. The number of hydrogen-bond acceptors (Lipinski definition) is 2. The lowest BCUT2D eigenvalue weighted by Crippen LogP contribution is -2.37. The van der Waals surface area contributed by atoms with Gasteiger partial charge >= 0.3 is 0 Å². The lowest BCUT2D eigenvalue weighted by Gasteiger charge is -2.31. The molecule has 0 aliphatic carbocycles. The van der Waals surface area contributed by atoms with Crippen LogP contribution in [0, 0.1) is 0 Å². The number of para-hydroxylation sites is 1. The second-order valence-corrected chi connectivity index (χ2v) is 7.73. The van der Waals surface area contributed by atoms with Crippen LogP contribution in [-0.2, 0) is 12.8 Å². The monoisotopic (exact) mass is 354 g/mol. The van der Waals surface area contributed by atoms with Crippen LogP contribution in [0.4, 0.5) is 5.69 Å². The molecule has 3 aromatic carbocycles. The van der Waals surface area contributed by atoms with Gasteiger partial charge in [-0.25, -0.2) is 0 Å². The molecule has 0 bridgehead atoms. The fourth-order valence-corrected chi connectivity index (χ4v) is 4.84. The van der Waals surface area contributed by atoms with E-state index in [0.29, 0.717) is 12.1 Å². The Morgan fingerprint density at radius 1 is 0.815 bits per heavy atom. The largest absolute Gasteiger partial charge is 0.363 e. The summed E-state index contributed by atoms with van der Waals surface area (Å²) in [5.41, 5.74) is 7.27. The Labute approximate surface area is 161 Å². The van der Waals surface area contributed by atoms with Crippen molar-refractivity contribution in [2.75, 3.05) is 18.0 Å². The number of rotatable bonds is 4. The molecule has 2 heterocycles. The van der Waals surface area contributed by atoms with Gasteiger partial charge in [0.2, 0.25) is 0 Å². The third kappa shape index (κ3) is 3.15. The van der Waals surface area contributed by atoms with Gasteiger partial charge in [0.15, 0.2) is 0 Å². The molecule has 2 unspecified atom stereocenters. The molecule has 0 radical (unpaired) electrons. The zero-order chi connectivity index (χ0) is 18.1. The molecule has 0 saturated carbocycles. The van der Waals surface area contributed by atoms with Gasteiger partial charge in [0.05, 0.1) is 6.04 Å². The van der Waals surface area contributed by atoms with Gasteiger partial charge < -0.3 is 10.2 Å². The van der Waals surface area contributed by atoms with E-state index >= 15 is 0 Å². The second kappa shape index (κ2) is 7.21. The van der Waals surface area contributed by atoms with Crippen molar-refractivity contribution in [1.82, 2.24) is 5.32 Å². The maximum Gasteiger partial charge on any atom is 0.0699 e. The fourth-order valence-electron chi connectivity index (χ4n) is 4.84. The molecule has 1 N–H and O–H groups in total. The summed E-state index contributed by atoms with van der Waals surface area (Å²) in [5.74, 6) is 0. The SMILES string of the molecule is c1ccc(CCNC2CCN3c4ccccc4Cc4ccccc4C23)cc1. The van der Waals surface area contributed by atoms with Crippen molar-refractivity contribution < 1.29 is 0 Å². The molecule has 2 aliphatic heterocycles. The summed E-state index contributed by atoms with van der Waals surface area (Å²) in [5, 5.41) is 3.89. The third-order valence-electron chi connectivity index (χ3n) is 6.12. The number of nitrogens with zero attached hydrogens (tertiary/aromatic N) is 1. The van der Waals surface area contributed by atoms with Crippen LogP contribution in [0.3, 0.4) is 0 Å². The predicted octanol–water partition coefficient (Wildman–Crippen LogP) is 4.74. The summed E-state index contributed by atoms with van der Waals surface area (Å²) in [4.78, 5) is 2.64. The molecule has 2 heteroatoms. The van der Waals surface area contributed by atoms with Crippen LogP contribution in [0.2, 0.25) is 0 Å². The highest BCUT2D eigenvalue weighted by molar-refractivity contribution is 5.61. The average Bonchev–Trinajstić information content (AvgIpc) is 3.07. The van der Waals surface area contributed by atoms with Gasteiger partial charge in [-0.3, -0.25) is 0 Å². The van der Waals surface area contributed by atoms with E-state index in [2.05, 4.69) is 89.1 Å². The van der Waals surface area contributed by atoms with Crippen LogP contribution in [0.1, 0.15) is 34.7 Å². The maximum atomic E-state index is 3.89. The lowest BCUT2D eigenvalue weighted by molar-refractivity contribution is 0.482. The van der Waals surface area contributed by atoms with E-state index in [4.69, 9.17) is 0 Å². The Balaban J connectivity index is 1.42. The minimum atomic E-state index is 0.431. The topological polar surface area (TPSA) is 15.3 Å². The van der Waals surface area contributed by atoms with E-state index in [1.165, 1.54) is 34.4 Å². The zero-order valence-electron chi connectivity index (χ0n) is 15.6. The van der Waals surface area contributed by atoms with E-state index in [0.717, 1.165) is 25.9 Å². The molecule has 1 fully saturated rings. The van der Waals surface area contributed by atoms with Gasteiger partial charge in [-0.15, -0.1) is 0 Å². The first-order chi connectivity index (χ1) is 13.4. The van der Waals surface area contributed by atoms with Crippen molar-refractivity contribution in [3.05, 3.63) is 101 Å². The molecule has 0 spiro atoms. The van der Waals surface area contributed by atoms with Crippen LogP contribution >= 0.6 is 0 Å². The normalized spacial score (nSPS) is 20.5. The predicted molar refractivity (Wildman–Crippen MR) is 112 cm³/mol. The molecular weight excluding hydrogens is 328 g/mol. The Bertz CT molecular complexity index is 918.